The van der Waals surface area contributed by atoms with Crippen molar-refractivity contribution in [2.45, 2.75) is 18.9 Å². The quantitative estimate of drug-likeness (QED) is 0.863. The number of nitrogens with zero attached hydrogens (tertiary/aromatic N) is 2. The molecule has 1 aromatic rings. The van der Waals surface area contributed by atoms with Gasteiger partial charge in [-0.05, 0) is 13.3 Å². The predicted octanol–water partition coefficient (Wildman–Crippen LogP) is 0.720. The van der Waals surface area contributed by atoms with Gasteiger partial charge in [-0.2, -0.15) is 0 Å². The van der Waals surface area contributed by atoms with Crippen molar-refractivity contribution in [1.29, 1.82) is 0 Å². The van der Waals surface area contributed by atoms with Crippen molar-refractivity contribution in [2.75, 3.05) is 12.3 Å². The Labute approximate surface area is 119 Å². The summed E-state index contributed by atoms with van der Waals surface area (Å²) < 4.78 is 30.2. The highest BCUT2D eigenvalue weighted by atomic mass is 32.2. The van der Waals surface area contributed by atoms with Crippen LogP contribution in [-0.4, -0.2) is 40.9 Å². The van der Waals surface area contributed by atoms with Crippen LogP contribution in [0.15, 0.2) is 23.2 Å². The van der Waals surface area contributed by atoms with E-state index in [1.165, 1.54) is 24.5 Å². The second-order valence-corrected chi connectivity index (χ2v) is 7.60. The highest BCUT2D eigenvalue weighted by Gasteiger charge is 2.53. The number of Topliss-reactive ketones (excluding diaryl/α,β-unsaturated/α-hetero) is 1. The first-order valence-corrected chi connectivity index (χ1v) is 8.42. The third kappa shape index (κ3) is 1.73. The Kier molecular flexibility index (Phi) is 2.80. The summed E-state index contributed by atoms with van der Waals surface area (Å²) in [6, 6.07) is 0. The lowest BCUT2D eigenvalue weighted by atomic mass is 10.0. The van der Waals surface area contributed by atoms with E-state index in [2.05, 4.69) is 4.98 Å². The number of aliphatic hydroxyl groups excluding tert-OH is 1. The lowest BCUT2D eigenvalue weighted by molar-refractivity contribution is -0.132. The van der Waals surface area contributed by atoms with E-state index in [1.807, 2.05) is 0 Å². The summed E-state index contributed by atoms with van der Waals surface area (Å²) in [5, 5.41) is 12.0. The SMILES string of the molecule is CC1(c2nccs2)OC(N2CCCS2(=O)=O)=C(O)C1=O. The average Bonchev–Trinajstić information content (AvgIpc) is 3.07. The topological polar surface area (TPSA) is 96.8 Å². The van der Waals surface area contributed by atoms with Crippen molar-refractivity contribution < 1.29 is 23.1 Å². The number of ether oxygens (including phenoxy) is 1. The van der Waals surface area contributed by atoms with Gasteiger partial charge in [-0.15, -0.1) is 11.3 Å². The van der Waals surface area contributed by atoms with E-state index in [1.54, 1.807) is 5.38 Å². The summed E-state index contributed by atoms with van der Waals surface area (Å²) in [6.45, 7) is 1.67. The number of aromatic nitrogens is 1. The molecule has 1 saturated heterocycles. The van der Waals surface area contributed by atoms with Crippen LogP contribution >= 0.6 is 11.3 Å². The summed E-state index contributed by atoms with van der Waals surface area (Å²) in [6.07, 6.45) is 1.95. The fourth-order valence-electron chi connectivity index (χ4n) is 2.25. The third-order valence-electron chi connectivity index (χ3n) is 3.32. The van der Waals surface area contributed by atoms with Crippen molar-refractivity contribution in [2.24, 2.45) is 0 Å². The zero-order chi connectivity index (χ0) is 14.5. The fraction of sp³-hybridized carbons (Fsp3) is 0.455. The zero-order valence-corrected chi connectivity index (χ0v) is 12.2. The molecule has 0 saturated carbocycles. The van der Waals surface area contributed by atoms with E-state index in [0.29, 0.717) is 11.4 Å². The Balaban J connectivity index is 2.01. The number of hydrogen-bond donors (Lipinski definition) is 1. The van der Waals surface area contributed by atoms with Crippen molar-refractivity contribution in [3.05, 3.63) is 28.2 Å². The molecule has 0 aromatic carbocycles. The number of sulfonamides is 1. The molecular formula is C11H12N2O5S2. The van der Waals surface area contributed by atoms with Crippen LogP contribution in [0.1, 0.15) is 18.4 Å². The molecule has 1 fully saturated rings. The monoisotopic (exact) mass is 316 g/mol. The van der Waals surface area contributed by atoms with Crippen LogP contribution in [0.2, 0.25) is 0 Å². The molecule has 0 amide bonds. The van der Waals surface area contributed by atoms with Gasteiger partial charge in [-0.1, -0.05) is 0 Å². The van der Waals surface area contributed by atoms with Gasteiger partial charge in [0.15, 0.2) is 0 Å². The summed E-state index contributed by atoms with van der Waals surface area (Å²) in [4.78, 5) is 16.2. The predicted molar refractivity (Wildman–Crippen MR) is 70.3 cm³/mol. The first-order chi connectivity index (χ1) is 9.36. The number of carbonyl (C=O) groups excluding carboxylic acids is 1. The van der Waals surface area contributed by atoms with Crippen LogP contribution < -0.4 is 0 Å². The molecule has 3 heterocycles. The van der Waals surface area contributed by atoms with E-state index in [0.717, 1.165) is 4.31 Å². The largest absolute Gasteiger partial charge is 0.501 e. The molecule has 1 N–H and O–H groups in total. The van der Waals surface area contributed by atoms with Crippen molar-refractivity contribution in [3.63, 3.8) is 0 Å². The second-order valence-electron chi connectivity index (χ2n) is 4.70. The molecule has 108 valence electrons. The Morgan fingerprint density at radius 1 is 1.55 bits per heavy atom. The number of thiazole rings is 1. The van der Waals surface area contributed by atoms with Gasteiger partial charge in [0.25, 0.3) is 11.7 Å². The summed E-state index contributed by atoms with van der Waals surface area (Å²) in [7, 11) is -3.52. The van der Waals surface area contributed by atoms with Gasteiger partial charge in [0, 0.05) is 18.1 Å². The molecular weight excluding hydrogens is 304 g/mol. The van der Waals surface area contributed by atoms with E-state index in [-0.39, 0.29) is 18.2 Å². The number of aliphatic hydroxyl groups is 1. The first-order valence-electron chi connectivity index (χ1n) is 5.94. The second kappa shape index (κ2) is 4.19. The molecule has 2 aliphatic rings. The number of carbonyl (C=O) groups is 1. The Bertz CT molecular complexity index is 694. The average molecular weight is 316 g/mol. The molecule has 1 aromatic heterocycles. The smallest absolute Gasteiger partial charge is 0.253 e. The van der Waals surface area contributed by atoms with Gasteiger partial charge in [0.05, 0.1) is 5.75 Å². The normalized spacial score (nSPS) is 29.1. The van der Waals surface area contributed by atoms with E-state index in [4.69, 9.17) is 4.74 Å². The summed E-state index contributed by atoms with van der Waals surface area (Å²) >= 11 is 1.21. The van der Waals surface area contributed by atoms with Crippen LogP contribution in [-0.2, 0) is 25.2 Å². The Morgan fingerprint density at radius 3 is 2.85 bits per heavy atom. The molecule has 1 unspecified atom stereocenters. The highest BCUT2D eigenvalue weighted by molar-refractivity contribution is 7.89. The molecule has 1 atom stereocenters. The lowest BCUT2D eigenvalue weighted by Crippen LogP contribution is -2.32. The van der Waals surface area contributed by atoms with E-state index in [9.17, 15) is 18.3 Å². The molecule has 3 rings (SSSR count). The molecule has 0 aliphatic carbocycles. The zero-order valence-electron chi connectivity index (χ0n) is 10.6. The molecule has 7 nitrogen and oxygen atoms in total. The van der Waals surface area contributed by atoms with E-state index < -0.39 is 27.2 Å². The van der Waals surface area contributed by atoms with Crippen LogP contribution in [0.5, 0.6) is 0 Å². The number of hydrogen-bond acceptors (Lipinski definition) is 7. The van der Waals surface area contributed by atoms with Gasteiger partial charge in [0.2, 0.25) is 21.4 Å². The van der Waals surface area contributed by atoms with Crippen LogP contribution in [0.4, 0.5) is 0 Å². The van der Waals surface area contributed by atoms with Crippen molar-refractivity contribution >= 4 is 27.1 Å². The van der Waals surface area contributed by atoms with Crippen molar-refractivity contribution in [3.8, 4) is 0 Å². The molecule has 0 radical (unpaired) electrons. The van der Waals surface area contributed by atoms with E-state index >= 15 is 0 Å². The fourth-order valence-corrected chi connectivity index (χ4v) is 4.48. The molecule has 2 aliphatic heterocycles. The maximum Gasteiger partial charge on any atom is 0.253 e. The van der Waals surface area contributed by atoms with Crippen molar-refractivity contribution in [1.82, 2.24) is 9.29 Å². The third-order valence-corrected chi connectivity index (χ3v) is 6.12. The number of rotatable bonds is 2. The summed E-state index contributed by atoms with van der Waals surface area (Å²) in [5.41, 5.74) is -1.47. The first kappa shape index (κ1) is 13.4. The van der Waals surface area contributed by atoms with Gasteiger partial charge < -0.3 is 9.84 Å². The summed E-state index contributed by atoms with van der Waals surface area (Å²) in [5.74, 6) is -1.64. The molecule has 0 spiro atoms. The van der Waals surface area contributed by atoms with Crippen LogP contribution in [0, 0.1) is 0 Å². The molecule has 20 heavy (non-hydrogen) atoms. The molecule has 9 heteroatoms. The van der Waals surface area contributed by atoms with Gasteiger partial charge in [-0.3, -0.25) is 4.79 Å². The maximum absolute atomic E-state index is 12.2. The highest BCUT2D eigenvalue weighted by Crippen LogP contribution is 2.41. The number of ketones is 1. The lowest BCUT2D eigenvalue weighted by Gasteiger charge is -2.23. The minimum absolute atomic E-state index is 0.0186. The molecule has 0 bridgehead atoms. The Morgan fingerprint density at radius 2 is 2.30 bits per heavy atom. The minimum atomic E-state index is -3.52. The van der Waals surface area contributed by atoms with Crippen LogP contribution in [0.25, 0.3) is 0 Å². The van der Waals surface area contributed by atoms with Gasteiger partial charge >= 0.3 is 0 Å². The van der Waals surface area contributed by atoms with Gasteiger partial charge in [0.1, 0.15) is 5.01 Å². The minimum Gasteiger partial charge on any atom is -0.501 e. The standard InChI is InChI=1S/C11H12N2O5S2/c1-11(10-12-3-5-19-10)8(15)7(14)9(18-11)13-4-2-6-20(13,16)17/h3,5,14H,2,4,6H2,1H3. The Hall–Kier alpha value is -1.61. The maximum atomic E-state index is 12.2. The van der Waals surface area contributed by atoms with Crippen LogP contribution in [0.3, 0.4) is 0 Å². The van der Waals surface area contributed by atoms with Gasteiger partial charge in [-0.25, -0.2) is 17.7 Å².